The van der Waals surface area contributed by atoms with Crippen LogP contribution >= 0.6 is 0 Å². The van der Waals surface area contributed by atoms with Gasteiger partial charge in [0.05, 0.1) is 16.7 Å². The molecule has 0 bridgehead atoms. The molecule has 202 valence electrons. The summed E-state index contributed by atoms with van der Waals surface area (Å²) in [5, 5.41) is 10.4. The molecule has 3 heterocycles. The number of hydrogen-bond donors (Lipinski definition) is 0. The van der Waals surface area contributed by atoms with Crippen molar-refractivity contribution in [3.8, 4) is 33.5 Å². The predicted molar refractivity (Wildman–Crippen MR) is 185 cm³/mol. The van der Waals surface area contributed by atoms with Gasteiger partial charge < -0.3 is 0 Å². The van der Waals surface area contributed by atoms with Crippen LogP contribution in [0.4, 0.5) is 0 Å². The maximum Gasteiger partial charge on any atom is 0.113 e. The third kappa shape index (κ3) is 3.52. The fraction of sp³-hybridized carbons (Fsp3) is 0.0500. The average molecular weight is 565 g/mol. The first-order valence-electron chi connectivity index (χ1n) is 14.9. The molecule has 8 aromatic rings. The maximum absolute atomic E-state index is 5.17. The topological polar surface area (TPSA) is 25.8 Å². The molecule has 1 aliphatic rings. The van der Waals surface area contributed by atoms with Gasteiger partial charge in [-0.05, 0) is 72.4 Å². The van der Waals surface area contributed by atoms with Gasteiger partial charge in [0, 0.05) is 22.5 Å². The van der Waals surface area contributed by atoms with Crippen LogP contribution < -0.4 is 10.4 Å². The van der Waals surface area contributed by atoms with E-state index in [0.717, 1.165) is 33.1 Å². The second kappa shape index (κ2) is 8.94. The van der Waals surface area contributed by atoms with Crippen LogP contribution in [0.2, 0.25) is 13.1 Å². The Kier molecular flexibility index (Phi) is 5.09. The summed E-state index contributed by atoms with van der Waals surface area (Å²) >= 11 is 0. The van der Waals surface area contributed by atoms with Crippen molar-refractivity contribution < 1.29 is 0 Å². The highest BCUT2D eigenvalue weighted by molar-refractivity contribution is 7.04. The first kappa shape index (κ1) is 24.5. The van der Waals surface area contributed by atoms with Crippen LogP contribution in [0.25, 0.3) is 76.9 Å². The molecule has 6 aromatic carbocycles. The highest BCUT2D eigenvalue weighted by Crippen LogP contribution is 2.39. The third-order valence-corrected chi connectivity index (χ3v) is 13.1. The molecule has 0 aliphatic carbocycles. The molecule has 3 heteroatoms. The zero-order chi connectivity index (χ0) is 28.7. The lowest BCUT2D eigenvalue weighted by atomic mass is 9.91. The minimum Gasteiger partial charge on any atom is -0.254 e. The molecular weight excluding hydrogens is 537 g/mol. The summed E-state index contributed by atoms with van der Waals surface area (Å²) in [6, 6.07) is 46.7. The van der Waals surface area contributed by atoms with Crippen LogP contribution in [0, 0.1) is 0 Å². The number of aromatic nitrogens is 2. The zero-order valence-corrected chi connectivity index (χ0v) is 25.1. The van der Waals surface area contributed by atoms with E-state index in [4.69, 9.17) is 4.98 Å². The highest BCUT2D eigenvalue weighted by Gasteiger charge is 2.37. The van der Waals surface area contributed by atoms with Crippen LogP contribution in [-0.4, -0.2) is 18.0 Å². The number of nitrogens with zero attached hydrogens (tertiary/aromatic N) is 2. The molecule has 0 fully saturated rings. The molecule has 0 saturated heterocycles. The molecule has 0 saturated carbocycles. The van der Waals surface area contributed by atoms with Crippen molar-refractivity contribution in [2.24, 2.45) is 0 Å². The van der Waals surface area contributed by atoms with Crippen molar-refractivity contribution >= 4 is 61.8 Å². The van der Waals surface area contributed by atoms with Crippen LogP contribution in [0.3, 0.4) is 0 Å². The van der Waals surface area contributed by atoms with E-state index in [1.165, 1.54) is 43.8 Å². The molecular formula is C40H28N2Si. The van der Waals surface area contributed by atoms with Crippen molar-refractivity contribution in [2.45, 2.75) is 13.1 Å². The van der Waals surface area contributed by atoms with Crippen molar-refractivity contribution in [3.05, 3.63) is 134 Å². The summed E-state index contributed by atoms with van der Waals surface area (Å²) in [6.07, 6.45) is 1.85. The van der Waals surface area contributed by atoms with Crippen molar-refractivity contribution in [1.82, 2.24) is 9.97 Å². The second-order valence-electron chi connectivity index (χ2n) is 12.2. The van der Waals surface area contributed by atoms with Crippen molar-refractivity contribution in [3.63, 3.8) is 0 Å². The van der Waals surface area contributed by atoms with Gasteiger partial charge in [0.2, 0.25) is 0 Å². The summed E-state index contributed by atoms with van der Waals surface area (Å²) in [6.45, 7) is 4.96. The minimum absolute atomic E-state index is 0.943. The van der Waals surface area contributed by atoms with Gasteiger partial charge in [-0.1, -0.05) is 122 Å². The minimum atomic E-state index is -1.69. The fourth-order valence-corrected chi connectivity index (χ4v) is 10.4. The zero-order valence-electron chi connectivity index (χ0n) is 24.1. The van der Waals surface area contributed by atoms with Gasteiger partial charge in [0.15, 0.2) is 0 Å². The van der Waals surface area contributed by atoms with E-state index in [1.54, 1.807) is 10.4 Å². The lowest BCUT2D eigenvalue weighted by Gasteiger charge is -2.19. The van der Waals surface area contributed by atoms with E-state index in [2.05, 4.69) is 139 Å². The molecule has 0 amide bonds. The van der Waals surface area contributed by atoms with Crippen LogP contribution in [0.1, 0.15) is 0 Å². The Labute approximate surface area is 251 Å². The largest absolute Gasteiger partial charge is 0.254 e. The first-order valence-corrected chi connectivity index (χ1v) is 17.9. The molecule has 0 atom stereocenters. The molecule has 9 rings (SSSR count). The van der Waals surface area contributed by atoms with Gasteiger partial charge in [-0.25, -0.2) is 4.98 Å². The number of fused-ring (bicyclic) bond motifs is 9. The monoisotopic (exact) mass is 564 g/mol. The van der Waals surface area contributed by atoms with E-state index >= 15 is 0 Å². The number of pyridine rings is 2. The Bertz CT molecular complexity index is 2440. The van der Waals surface area contributed by atoms with E-state index in [0.29, 0.717) is 0 Å². The Morgan fingerprint density at radius 3 is 2.09 bits per heavy atom. The highest BCUT2D eigenvalue weighted by atomic mass is 28.3. The molecule has 2 nitrogen and oxygen atoms in total. The summed E-state index contributed by atoms with van der Waals surface area (Å²) in [5.74, 6) is 0. The molecule has 43 heavy (non-hydrogen) atoms. The smallest absolute Gasteiger partial charge is 0.113 e. The van der Waals surface area contributed by atoms with E-state index in [-0.39, 0.29) is 0 Å². The normalized spacial score (nSPS) is 13.5. The molecule has 2 aromatic heterocycles. The molecule has 0 spiro atoms. The van der Waals surface area contributed by atoms with Gasteiger partial charge in [-0.3, -0.25) is 4.98 Å². The lowest BCUT2D eigenvalue weighted by Crippen LogP contribution is -2.49. The number of rotatable bonds is 2. The van der Waals surface area contributed by atoms with Gasteiger partial charge in [-0.2, -0.15) is 0 Å². The van der Waals surface area contributed by atoms with Crippen LogP contribution in [0.15, 0.2) is 134 Å². The van der Waals surface area contributed by atoms with E-state index < -0.39 is 8.07 Å². The van der Waals surface area contributed by atoms with Gasteiger partial charge in [0.1, 0.15) is 8.07 Å². The van der Waals surface area contributed by atoms with Crippen LogP contribution in [-0.2, 0) is 0 Å². The summed E-state index contributed by atoms with van der Waals surface area (Å²) in [7, 11) is -1.69. The maximum atomic E-state index is 5.17. The fourth-order valence-electron chi connectivity index (χ4n) is 7.36. The second-order valence-corrected chi connectivity index (χ2v) is 16.5. The van der Waals surface area contributed by atoms with E-state index in [9.17, 15) is 0 Å². The SMILES string of the molecule is C[Si]1(C)c2ccccc2-c2c1ccc1cc(-c3cccc4c(-c5ccc6ccc7cccnc7c6n5)cccc34)ccc21. The molecule has 0 radical (unpaired) electrons. The Morgan fingerprint density at radius 2 is 1.21 bits per heavy atom. The molecule has 0 unspecified atom stereocenters. The predicted octanol–water partition coefficient (Wildman–Crippen LogP) is 9.23. The molecule has 1 aliphatic heterocycles. The standard InChI is InChI=1S/C40H28N2Si/c1-43(2)36-14-4-3-9-34(36)38-30-20-17-27(24-28(30)19-22-37(38)43)29-10-5-12-32-31(29)11-6-13-33(32)35-21-18-26-16-15-25-8-7-23-41-39(25)40(26)42-35/h3-24H,1-2H3. The summed E-state index contributed by atoms with van der Waals surface area (Å²) in [5.41, 5.74) is 9.33. The number of hydrogen-bond acceptors (Lipinski definition) is 2. The Morgan fingerprint density at radius 1 is 0.488 bits per heavy atom. The summed E-state index contributed by atoms with van der Waals surface area (Å²) in [4.78, 5) is 9.84. The third-order valence-electron chi connectivity index (χ3n) is 9.50. The average Bonchev–Trinajstić information content (AvgIpc) is 3.30. The van der Waals surface area contributed by atoms with Crippen molar-refractivity contribution in [2.75, 3.05) is 0 Å². The van der Waals surface area contributed by atoms with Crippen molar-refractivity contribution in [1.29, 1.82) is 0 Å². The Balaban J connectivity index is 1.21. The van der Waals surface area contributed by atoms with Gasteiger partial charge in [0.25, 0.3) is 0 Å². The molecule has 0 N–H and O–H groups in total. The van der Waals surface area contributed by atoms with E-state index in [1.807, 2.05) is 12.3 Å². The first-order chi connectivity index (χ1) is 21.1. The quantitative estimate of drug-likeness (QED) is 0.154. The number of benzene rings is 6. The van der Waals surface area contributed by atoms with Gasteiger partial charge >= 0.3 is 0 Å². The summed E-state index contributed by atoms with van der Waals surface area (Å²) < 4.78 is 0. The van der Waals surface area contributed by atoms with Gasteiger partial charge in [-0.15, -0.1) is 0 Å². The Hall–Kier alpha value is -5.12. The van der Waals surface area contributed by atoms with Crippen LogP contribution in [0.5, 0.6) is 0 Å². The lowest BCUT2D eigenvalue weighted by molar-refractivity contribution is 1.37.